The molecule has 0 atom stereocenters. The average Bonchev–Trinajstić information content (AvgIpc) is 2.34. The molecule has 0 radical (unpaired) electrons. The predicted octanol–water partition coefficient (Wildman–Crippen LogP) is 2.41. The summed E-state index contributed by atoms with van der Waals surface area (Å²) in [7, 11) is 4.01. The molecule has 0 saturated carbocycles. The highest BCUT2D eigenvalue weighted by atomic mass is 16.4. The first-order valence-electron chi connectivity index (χ1n) is 6.75. The molecule has 3 N–H and O–H groups in total. The number of rotatable bonds is 7. The molecule has 1 rings (SSSR count). The van der Waals surface area contributed by atoms with Crippen LogP contribution in [0.25, 0.3) is 0 Å². The van der Waals surface area contributed by atoms with Gasteiger partial charge in [-0.3, -0.25) is 0 Å². The molecule has 4 heteroatoms. The van der Waals surface area contributed by atoms with E-state index in [2.05, 4.69) is 11.8 Å². The van der Waals surface area contributed by atoms with E-state index in [-0.39, 0.29) is 5.56 Å². The lowest BCUT2D eigenvalue weighted by Gasteiger charge is -2.16. The maximum Gasteiger partial charge on any atom is 0.337 e. The number of nitrogens with zero attached hydrogens (tertiary/aromatic N) is 1. The molecule has 106 valence electrons. The number of nitrogen functional groups attached to an aromatic ring is 1. The van der Waals surface area contributed by atoms with Gasteiger partial charge in [0.25, 0.3) is 0 Å². The van der Waals surface area contributed by atoms with E-state index in [9.17, 15) is 4.79 Å². The fourth-order valence-corrected chi connectivity index (χ4v) is 2.13. The largest absolute Gasteiger partial charge is 0.478 e. The molecule has 1 aromatic rings. The molecule has 19 heavy (non-hydrogen) atoms. The first-order chi connectivity index (χ1) is 8.97. The van der Waals surface area contributed by atoms with Crippen LogP contribution in [0.1, 0.15) is 41.3 Å². The number of carboxylic acid groups (broad SMARTS) is 1. The first kappa shape index (κ1) is 15.5. The Morgan fingerprint density at radius 1 is 1.32 bits per heavy atom. The number of unbranched alkanes of at least 4 members (excludes halogenated alkanes) is 1. The van der Waals surface area contributed by atoms with Crippen molar-refractivity contribution in [3.8, 4) is 0 Å². The smallest absolute Gasteiger partial charge is 0.337 e. The van der Waals surface area contributed by atoms with Gasteiger partial charge in [0.05, 0.1) is 5.56 Å². The minimum absolute atomic E-state index is 0.217. The maximum atomic E-state index is 11.1. The third-order valence-corrected chi connectivity index (χ3v) is 3.29. The van der Waals surface area contributed by atoms with E-state index in [1.54, 1.807) is 6.07 Å². The van der Waals surface area contributed by atoms with Crippen LogP contribution >= 0.6 is 0 Å². The zero-order valence-corrected chi connectivity index (χ0v) is 12.1. The van der Waals surface area contributed by atoms with E-state index in [0.717, 1.165) is 37.8 Å². The summed E-state index contributed by atoms with van der Waals surface area (Å²) in [5, 5.41) is 9.14. The molecule has 0 aliphatic carbocycles. The number of carboxylic acids is 1. The molecule has 0 aliphatic rings. The predicted molar refractivity (Wildman–Crippen MR) is 78.7 cm³/mol. The van der Waals surface area contributed by atoms with Crippen LogP contribution in [-0.4, -0.2) is 36.6 Å². The molecule has 0 amide bonds. The molecular weight excluding hydrogens is 240 g/mol. The molecule has 4 nitrogen and oxygen atoms in total. The lowest BCUT2D eigenvalue weighted by molar-refractivity contribution is 0.0698. The van der Waals surface area contributed by atoms with Gasteiger partial charge in [-0.1, -0.05) is 19.4 Å². The van der Waals surface area contributed by atoms with Crippen molar-refractivity contribution in [2.24, 2.45) is 0 Å². The van der Waals surface area contributed by atoms with Crippen LogP contribution in [0.15, 0.2) is 12.1 Å². The highest BCUT2D eigenvalue weighted by molar-refractivity contribution is 5.94. The van der Waals surface area contributed by atoms with Crippen molar-refractivity contribution < 1.29 is 9.90 Å². The number of benzene rings is 1. The lowest BCUT2D eigenvalue weighted by atomic mass is 9.95. The quantitative estimate of drug-likeness (QED) is 0.742. The second-order valence-electron chi connectivity index (χ2n) is 5.13. The fourth-order valence-electron chi connectivity index (χ4n) is 2.13. The minimum atomic E-state index is -0.953. The number of carbonyl (C=O) groups is 1. The Labute approximate surface area is 115 Å². The maximum absolute atomic E-state index is 11.1. The Bertz CT molecular complexity index is 442. The summed E-state index contributed by atoms with van der Waals surface area (Å²) in [4.78, 5) is 13.2. The molecule has 0 bridgehead atoms. The summed E-state index contributed by atoms with van der Waals surface area (Å²) in [6.07, 6.45) is 3.97. The zero-order chi connectivity index (χ0) is 14.4. The summed E-state index contributed by atoms with van der Waals surface area (Å²) < 4.78 is 0. The number of nitrogens with two attached hydrogens (primary N) is 1. The molecule has 0 unspecified atom stereocenters. The van der Waals surface area contributed by atoms with Gasteiger partial charge in [0.2, 0.25) is 0 Å². The van der Waals surface area contributed by atoms with Crippen molar-refractivity contribution >= 4 is 11.7 Å². The van der Waals surface area contributed by atoms with E-state index in [1.807, 2.05) is 20.2 Å². The Balaban J connectivity index is 3.09. The van der Waals surface area contributed by atoms with Gasteiger partial charge in [-0.2, -0.15) is 0 Å². The Morgan fingerprint density at radius 3 is 2.53 bits per heavy atom. The van der Waals surface area contributed by atoms with Gasteiger partial charge in [-0.15, -0.1) is 0 Å². The summed E-state index contributed by atoms with van der Waals surface area (Å²) in [6.45, 7) is 3.01. The Morgan fingerprint density at radius 2 is 2.00 bits per heavy atom. The van der Waals surface area contributed by atoms with Crippen LogP contribution in [0, 0.1) is 0 Å². The number of aromatic carboxylic acids is 1. The molecule has 1 aromatic carbocycles. The van der Waals surface area contributed by atoms with Gasteiger partial charge < -0.3 is 15.7 Å². The normalized spacial score (nSPS) is 10.9. The van der Waals surface area contributed by atoms with E-state index < -0.39 is 5.97 Å². The van der Waals surface area contributed by atoms with Gasteiger partial charge in [0, 0.05) is 12.2 Å². The number of aryl methyl sites for hydroxylation is 1. The molecule has 0 aliphatic heterocycles. The van der Waals surface area contributed by atoms with E-state index in [1.165, 1.54) is 5.56 Å². The second-order valence-corrected chi connectivity index (χ2v) is 5.13. The van der Waals surface area contributed by atoms with Gasteiger partial charge in [0.1, 0.15) is 0 Å². The molecule has 0 fully saturated rings. The van der Waals surface area contributed by atoms with Gasteiger partial charge in [0.15, 0.2) is 0 Å². The molecule has 0 heterocycles. The number of anilines is 1. The van der Waals surface area contributed by atoms with Gasteiger partial charge in [-0.25, -0.2) is 4.79 Å². The SMILES string of the molecule is CCCCc1ccc(C(=O)O)c(N)c1CCN(C)C. The number of hydrogen-bond acceptors (Lipinski definition) is 3. The molecule has 0 saturated heterocycles. The molecule has 0 spiro atoms. The summed E-state index contributed by atoms with van der Waals surface area (Å²) >= 11 is 0. The van der Waals surface area contributed by atoms with Crippen LogP contribution in [0.5, 0.6) is 0 Å². The van der Waals surface area contributed by atoms with Gasteiger partial charge in [-0.05, 0) is 50.6 Å². The standard InChI is InChI=1S/C15H24N2O2/c1-4-5-6-11-7-8-13(15(18)19)14(16)12(11)9-10-17(2)3/h7-8H,4-6,9-10,16H2,1-3H3,(H,18,19). The van der Waals surface area contributed by atoms with E-state index in [4.69, 9.17) is 10.8 Å². The highest BCUT2D eigenvalue weighted by Crippen LogP contribution is 2.24. The van der Waals surface area contributed by atoms with Crippen LogP contribution in [-0.2, 0) is 12.8 Å². The van der Waals surface area contributed by atoms with Crippen molar-refractivity contribution in [1.82, 2.24) is 4.90 Å². The second kappa shape index (κ2) is 7.14. The summed E-state index contributed by atoms with van der Waals surface area (Å²) in [5.74, 6) is -0.953. The van der Waals surface area contributed by atoms with E-state index in [0.29, 0.717) is 5.69 Å². The van der Waals surface area contributed by atoms with Crippen LogP contribution in [0.2, 0.25) is 0 Å². The van der Waals surface area contributed by atoms with Crippen molar-refractivity contribution in [2.45, 2.75) is 32.6 Å². The van der Waals surface area contributed by atoms with Crippen LogP contribution < -0.4 is 5.73 Å². The van der Waals surface area contributed by atoms with Crippen molar-refractivity contribution in [3.05, 3.63) is 28.8 Å². The Kier molecular flexibility index (Phi) is 5.83. The third-order valence-electron chi connectivity index (χ3n) is 3.29. The van der Waals surface area contributed by atoms with Crippen LogP contribution in [0.3, 0.4) is 0 Å². The van der Waals surface area contributed by atoms with Crippen molar-refractivity contribution in [1.29, 1.82) is 0 Å². The van der Waals surface area contributed by atoms with Crippen LogP contribution in [0.4, 0.5) is 5.69 Å². The highest BCUT2D eigenvalue weighted by Gasteiger charge is 2.15. The topological polar surface area (TPSA) is 66.6 Å². The summed E-state index contributed by atoms with van der Waals surface area (Å²) in [6, 6.07) is 3.54. The molecular formula is C15H24N2O2. The monoisotopic (exact) mass is 264 g/mol. The third kappa shape index (κ3) is 4.24. The minimum Gasteiger partial charge on any atom is -0.478 e. The van der Waals surface area contributed by atoms with Crippen molar-refractivity contribution in [2.75, 3.05) is 26.4 Å². The van der Waals surface area contributed by atoms with Gasteiger partial charge >= 0.3 is 5.97 Å². The fraction of sp³-hybridized carbons (Fsp3) is 0.533. The number of likely N-dealkylation sites (N-methyl/N-ethyl adjacent to an activating group) is 1. The Hall–Kier alpha value is -1.55. The van der Waals surface area contributed by atoms with Crippen molar-refractivity contribution in [3.63, 3.8) is 0 Å². The first-order valence-corrected chi connectivity index (χ1v) is 6.75. The lowest BCUT2D eigenvalue weighted by Crippen LogP contribution is -2.18. The molecule has 0 aromatic heterocycles. The number of hydrogen-bond donors (Lipinski definition) is 2. The summed E-state index contributed by atoms with van der Waals surface area (Å²) in [5.41, 5.74) is 8.88. The van der Waals surface area contributed by atoms with E-state index >= 15 is 0 Å². The zero-order valence-electron chi connectivity index (χ0n) is 12.1. The average molecular weight is 264 g/mol.